The van der Waals surface area contributed by atoms with Crippen molar-refractivity contribution in [2.24, 2.45) is 11.5 Å². The van der Waals surface area contributed by atoms with Crippen LogP contribution in [0.1, 0.15) is 52.4 Å². The van der Waals surface area contributed by atoms with E-state index in [0.29, 0.717) is 6.42 Å². The molecule has 4 N–H and O–H groups in total. The van der Waals surface area contributed by atoms with Gasteiger partial charge in [0, 0.05) is 6.04 Å². The molecule has 0 aromatic heterocycles. The molecule has 17 heavy (non-hydrogen) atoms. The topological polar surface area (TPSA) is 72.3 Å². The highest BCUT2D eigenvalue weighted by atomic mass is 16.1. The van der Waals surface area contributed by atoms with E-state index >= 15 is 0 Å². The average Bonchev–Trinajstić information content (AvgIpc) is 2.77. The third-order valence-corrected chi connectivity index (χ3v) is 3.95. The lowest BCUT2D eigenvalue weighted by Gasteiger charge is -2.29. The smallest absolute Gasteiger partial charge is 0.237 e. The summed E-state index contributed by atoms with van der Waals surface area (Å²) in [5.74, 6) is -0.401. The van der Waals surface area contributed by atoms with Crippen LogP contribution in [0, 0.1) is 0 Å². The first-order chi connectivity index (χ1) is 7.97. The summed E-state index contributed by atoms with van der Waals surface area (Å²) in [4.78, 5) is 13.6. The van der Waals surface area contributed by atoms with Gasteiger partial charge in [-0.05, 0) is 45.7 Å². The van der Waals surface area contributed by atoms with Crippen molar-refractivity contribution in [2.45, 2.75) is 64.0 Å². The Balaban J connectivity index is 2.30. The predicted octanol–water partition coefficient (Wildman–Crippen LogP) is 1.23. The van der Waals surface area contributed by atoms with Gasteiger partial charge in [-0.1, -0.05) is 19.8 Å². The zero-order valence-electron chi connectivity index (χ0n) is 11.2. The summed E-state index contributed by atoms with van der Waals surface area (Å²) in [7, 11) is 0. The quantitative estimate of drug-likeness (QED) is 0.704. The molecule has 0 saturated heterocycles. The summed E-state index contributed by atoms with van der Waals surface area (Å²) in [6.07, 6.45) is 6.98. The van der Waals surface area contributed by atoms with E-state index < -0.39 is 11.4 Å². The van der Waals surface area contributed by atoms with Crippen LogP contribution in [0.4, 0.5) is 0 Å². The van der Waals surface area contributed by atoms with Gasteiger partial charge in [-0.25, -0.2) is 0 Å². The number of nitrogens with zero attached hydrogens (tertiary/aromatic N) is 1. The standard InChI is InChI=1S/C13H27N3O/c1-3-16(11-7-4-5-8-11)10-6-9-13(2,15)12(14)17/h11H,3-10,15H2,1-2H3,(H2,14,17). The minimum atomic E-state index is -0.852. The first kappa shape index (κ1) is 14.5. The fourth-order valence-electron chi connectivity index (χ4n) is 2.64. The maximum absolute atomic E-state index is 11.1. The summed E-state index contributed by atoms with van der Waals surface area (Å²) in [5.41, 5.74) is 10.3. The number of amides is 1. The van der Waals surface area contributed by atoms with E-state index in [4.69, 9.17) is 11.5 Å². The van der Waals surface area contributed by atoms with Crippen molar-refractivity contribution in [2.75, 3.05) is 13.1 Å². The molecule has 1 aliphatic carbocycles. The van der Waals surface area contributed by atoms with E-state index in [1.165, 1.54) is 25.7 Å². The lowest BCUT2D eigenvalue weighted by molar-refractivity contribution is -0.122. The van der Waals surface area contributed by atoms with E-state index in [-0.39, 0.29) is 0 Å². The zero-order chi connectivity index (χ0) is 12.9. The van der Waals surface area contributed by atoms with Gasteiger partial charge in [0.25, 0.3) is 0 Å². The Morgan fingerprint density at radius 3 is 2.47 bits per heavy atom. The van der Waals surface area contributed by atoms with E-state index in [9.17, 15) is 4.79 Å². The molecule has 1 aliphatic rings. The molecule has 4 nitrogen and oxygen atoms in total. The molecule has 1 amide bonds. The molecule has 0 spiro atoms. The number of rotatable bonds is 7. The molecule has 1 atom stereocenters. The molecule has 1 unspecified atom stereocenters. The maximum Gasteiger partial charge on any atom is 0.237 e. The second-order valence-electron chi connectivity index (χ2n) is 5.45. The van der Waals surface area contributed by atoms with E-state index in [0.717, 1.165) is 25.6 Å². The minimum absolute atomic E-state index is 0.401. The number of carbonyl (C=O) groups excluding carboxylic acids is 1. The maximum atomic E-state index is 11.1. The molecule has 0 aliphatic heterocycles. The Labute approximate surface area is 105 Å². The Morgan fingerprint density at radius 2 is 2.00 bits per heavy atom. The molecule has 0 aromatic rings. The fourth-order valence-corrected chi connectivity index (χ4v) is 2.64. The van der Waals surface area contributed by atoms with Gasteiger partial charge < -0.3 is 16.4 Å². The van der Waals surface area contributed by atoms with Gasteiger partial charge >= 0.3 is 0 Å². The van der Waals surface area contributed by atoms with Gasteiger partial charge in [0.2, 0.25) is 5.91 Å². The lowest BCUT2D eigenvalue weighted by Crippen LogP contribution is -2.49. The Hall–Kier alpha value is -0.610. The van der Waals surface area contributed by atoms with Crippen molar-refractivity contribution in [3.63, 3.8) is 0 Å². The number of carbonyl (C=O) groups is 1. The molecule has 4 heteroatoms. The van der Waals surface area contributed by atoms with E-state index in [1.54, 1.807) is 6.92 Å². The molecule has 0 heterocycles. The SMILES string of the molecule is CCN(CCCC(C)(N)C(N)=O)C1CCCC1. The van der Waals surface area contributed by atoms with Crippen LogP contribution < -0.4 is 11.5 Å². The van der Waals surface area contributed by atoms with Crippen molar-refractivity contribution >= 4 is 5.91 Å². The molecule has 100 valence electrons. The van der Waals surface area contributed by atoms with Crippen LogP contribution in [0.5, 0.6) is 0 Å². The van der Waals surface area contributed by atoms with Crippen LogP contribution in [-0.2, 0) is 4.79 Å². The molecule has 0 bridgehead atoms. The van der Waals surface area contributed by atoms with Crippen LogP contribution in [-0.4, -0.2) is 35.5 Å². The monoisotopic (exact) mass is 241 g/mol. The highest BCUT2D eigenvalue weighted by molar-refractivity contribution is 5.83. The lowest BCUT2D eigenvalue weighted by atomic mass is 9.96. The van der Waals surface area contributed by atoms with Crippen LogP contribution in [0.25, 0.3) is 0 Å². The summed E-state index contributed by atoms with van der Waals surface area (Å²) >= 11 is 0. The van der Waals surface area contributed by atoms with Crippen molar-refractivity contribution in [3.8, 4) is 0 Å². The van der Waals surface area contributed by atoms with E-state index in [1.807, 2.05) is 0 Å². The normalized spacial score (nSPS) is 20.7. The second-order valence-corrected chi connectivity index (χ2v) is 5.45. The average molecular weight is 241 g/mol. The molecular formula is C13H27N3O. The molecule has 0 radical (unpaired) electrons. The van der Waals surface area contributed by atoms with Crippen LogP contribution in [0.2, 0.25) is 0 Å². The first-order valence-electron chi connectivity index (χ1n) is 6.80. The molecule has 1 saturated carbocycles. The van der Waals surface area contributed by atoms with Crippen LogP contribution in [0.3, 0.4) is 0 Å². The van der Waals surface area contributed by atoms with Gasteiger partial charge in [0.1, 0.15) is 0 Å². The highest BCUT2D eigenvalue weighted by Gasteiger charge is 2.26. The number of hydrogen-bond donors (Lipinski definition) is 2. The molecule has 0 aromatic carbocycles. The Morgan fingerprint density at radius 1 is 1.41 bits per heavy atom. The zero-order valence-corrected chi connectivity index (χ0v) is 11.2. The highest BCUT2D eigenvalue weighted by Crippen LogP contribution is 2.23. The third kappa shape index (κ3) is 4.28. The summed E-state index contributed by atoms with van der Waals surface area (Å²) in [5, 5.41) is 0. The minimum Gasteiger partial charge on any atom is -0.368 e. The van der Waals surface area contributed by atoms with Crippen molar-refractivity contribution < 1.29 is 4.79 Å². The number of nitrogens with two attached hydrogens (primary N) is 2. The molecular weight excluding hydrogens is 214 g/mol. The second kappa shape index (κ2) is 6.36. The third-order valence-electron chi connectivity index (χ3n) is 3.95. The first-order valence-corrected chi connectivity index (χ1v) is 6.80. The fraction of sp³-hybridized carbons (Fsp3) is 0.923. The van der Waals surface area contributed by atoms with Gasteiger partial charge in [0.05, 0.1) is 5.54 Å². The molecule has 1 fully saturated rings. The van der Waals surface area contributed by atoms with Crippen molar-refractivity contribution in [1.82, 2.24) is 4.90 Å². The Kier molecular flexibility index (Phi) is 5.40. The number of primary amides is 1. The number of hydrogen-bond acceptors (Lipinski definition) is 3. The van der Waals surface area contributed by atoms with E-state index in [2.05, 4.69) is 11.8 Å². The van der Waals surface area contributed by atoms with Crippen LogP contribution >= 0.6 is 0 Å². The van der Waals surface area contributed by atoms with Crippen molar-refractivity contribution in [3.05, 3.63) is 0 Å². The van der Waals surface area contributed by atoms with Gasteiger partial charge in [-0.15, -0.1) is 0 Å². The summed E-state index contributed by atoms with van der Waals surface area (Å²) in [6, 6.07) is 0.748. The summed E-state index contributed by atoms with van der Waals surface area (Å²) < 4.78 is 0. The molecule has 1 rings (SSSR count). The summed E-state index contributed by atoms with van der Waals surface area (Å²) in [6.45, 7) is 6.04. The van der Waals surface area contributed by atoms with Gasteiger partial charge in [0.15, 0.2) is 0 Å². The van der Waals surface area contributed by atoms with Gasteiger partial charge in [-0.2, -0.15) is 0 Å². The Bertz CT molecular complexity index is 247. The van der Waals surface area contributed by atoms with Gasteiger partial charge in [-0.3, -0.25) is 4.79 Å². The predicted molar refractivity (Wildman–Crippen MR) is 70.5 cm³/mol. The largest absolute Gasteiger partial charge is 0.368 e. The van der Waals surface area contributed by atoms with Crippen molar-refractivity contribution in [1.29, 1.82) is 0 Å². The van der Waals surface area contributed by atoms with Crippen LogP contribution in [0.15, 0.2) is 0 Å².